The molecule has 0 aliphatic carbocycles. The molecule has 0 unspecified atom stereocenters. The Balaban J connectivity index is 2.46. The lowest BCUT2D eigenvalue weighted by Gasteiger charge is -2.13. The van der Waals surface area contributed by atoms with E-state index in [9.17, 15) is 9.59 Å². The number of nitrogens with one attached hydrogen (secondary N) is 1. The first-order valence-corrected chi connectivity index (χ1v) is 3.45. The van der Waals surface area contributed by atoms with E-state index in [0.29, 0.717) is 19.6 Å². The molecule has 0 atom stereocenters. The van der Waals surface area contributed by atoms with Crippen LogP contribution in [-0.2, 0) is 4.79 Å². The molecule has 1 rings (SSSR count). The molecule has 0 radical (unpaired) electrons. The number of hydrogen-bond acceptors (Lipinski definition) is 2. The molecule has 0 aromatic rings. The highest BCUT2D eigenvalue weighted by Gasteiger charge is 2.16. The quantitative estimate of drug-likeness (QED) is 0.498. The van der Waals surface area contributed by atoms with Gasteiger partial charge >= 0.3 is 6.09 Å². The van der Waals surface area contributed by atoms with Gasteiger partial charge in [0.2, 0.25) is 5.91 Å². The van der Waals surface area contributed by atoms with E-state index in [-0.39, 0.29) is 12.3 Å². The van der Waals surface area contributed by atoms with Crippen molar-refractivity contribution in [1.82, 2.24) is 10.2 Å². The molecule has 0 aromatic heterocycles. The van der Waals surface area contributed by atoms with Crippen molar-refractivity contribution in [3.05, 3.63) is 0 Å². The monoisotopic (exact) mass is 158 g/mol. The summed E-state index contributed by atoms with van der Waals surface area (Å²) in [4.78, 5) is 22.4. The Bertz CT molecular complexity index is 181. The van der Waals surface area contributed by atoms with Crippen molar-refractivity contribution in [2.75, 3.05) is 19.6 Å². The minimum absolute atomic E-state index is 0.0752. The molecule has 1 saturated heterocycles. The lowest BCUT2D eigenvalue weighted by molar-refractivity contribution is -0.120. The van der Waals surface area contributed by atoms with Crippen molar-refractivity contribution in [3.63, 3.8) is 0 Å². The van der Waals surface area contributed by atoms with Gasteiger partial charge in [-0.1, -0.05) is 0 Å². The van der Waals surface area contributed by atoms with E-state index < -0.39 is 6.09 Å². The van der Waals surface area contributed by atoms with Gasteiger partial charge in [0.1, 0.15) is 0 Å². The van der Waals surface area contributed by atoms with Crippen LogP contribution in [0.3, 0.4) is 0 Å². The van der Waals surface area contributed by atoms with E-state index in [4.69, 9.17) is 5.11 Å². The van der Waals surface area contributed by atoms with Gasteiger partial charge in [-0.25, -0.2) is 4.79 Å². The van der Waals surface area contributed by atoms with Gasteiger partial charge in [0, 0.05) is 26.1 Å². The molecule has 62 valence electrons. The maximum Gasteiger partial charge on any atom is 0.407 e. The van der Waals surface area contributed by atoms with E-state index in [1.807, 2.05) is 0 Å². The molecular weight excluding hydrogens is 148 g/mol. The molecule has 11 heavy (non-hydrogen) atoms. The fourth-order valence-corrected chi connectivity index (χ4v) is 0.958. The van der Waals surface area contributed by atoms with Crippen LogP contribution in [0.1, 0.15) is 6.42 Å². The number of nitrogens with zero attached hydrogens (tertiary/aromatic N) is 1. The van der Waals surface area contributed by atoms with Crippen LogP contribution in [0.25, 0.3) is 0 Å². The van der Waals surface area contributed by atoms with Crippen LogP contribution in [-0.4, -0.2) is 41.6 Å². The van der Waals surface area contributed by atoms with E-state index in [1.165, 1.54) is 4.90 Å². The summed E-state index contributed by atoms with van der Waals surface area (Å²) in [5.41, 5.74) is 0. The second-order valence-electron chi connectivity index (χ2n) is 2.37. The minimum atomic E-state index is -0.957. The van der Waals surface area contributed by atoms with Gasteiger partial charge in [0.25, 0.3) is 0 Å². The number of amides is 2. The second kappa shape index (κ2) is 3.23. The molecule has 2 amide bonds. The maximum atomic E-state index is 10.7. The lowest BCUT2D eigenvalue weighted by Crippen LogP contribution is -2.32. The molecule has 0 aromatic carbocycles. The van der Waals surface area contributed by atoms with Gasteiger partial charge in [-0.3, -0.25) is 4.79 Å². The summed E-state index contributed by atoms with van der Waals surface area (Å²) >= 11 is 0. The molecule has 0 spiro atoms. The molecular formula is C6H10N2O3. The van der Waals surface area contributed by atoms with E-state index in [0.717, 1.165) is 0 Å². The van der Waals surface area contributed by atoms with E-state index in [2.05, 4.69) is 5.32 Å². The first kappa shape index (κ1) is 7.84. The number of carboxylic acid groups (broad SMARTS) is 1. The van der Waals surface area contributed by atoms with Gasteiger partial charge in [0.05, 0.1) is 0 Å². The summed E-state index contributed by atoms with van der Waals surface area (Å²) in [5.74, 6) is -0.0752. The van der Waals surface area contributed by atoms with Crippen molar-refractivity contribution in [2.24, 2.45) is 0 Å². The molecule has 0 bridgehead atoms. The largest absolute Gasteiger partial charge is 0.465 e. The van der Waals surface area contributed by atoms with Gasteiger partial charge in [0.15, 0.2) is 0 Å². The predicted octanol–water partition coefficient (Wildman–Crippen LogP) is -0.514. The zero-order chi connectivity index (χ0) is 8.27. The van der Waals surface area contributed by atoms with E-state index >= 15 is 0 Å². The lowest BCUT2D eigenvalue weighted by atomic mass is 10.4. The third-order valence-electron chi connectivity index (χ3n) is 1.58. The van der Waals surface area contributed by atoms with Gasteiger partial charge in [-0.2, -0.15) is 0 Å². The van der Waals surface area contributed by atoms with Crippen molar-refractivity contribution >= 4 is 12.0 Å². The van der Waals surface area contributed by atoms with Gasteiger partial charge in [-0.15, -0.1) is 0 Å². The Kier molecular flexibility index (Phi) is 2.30. The van der Waals surface area contributed by atoms with Crippen LogP contribution in [0.15, 0.2) is 0 Å². The van der Waals surface area contributed by atoms with Gasteiger partial charge in [-0.05, 0) is 0 Å². The fourth-order valence-electron chi connectivity index (χ4n) is 0.958. The smallest absolute Gasteiger partial charge is 0.407 e. The zero-order valence-electron chi connectivity index (χ0n) is 6.04. The van der Waals surface area contributed by atoms with Crippen LogP contribution in [0.5, 0.6) is 0 Å². The summed E-state index contributed by atoms with van der Waals surface area (Å²) in [6, 6.07) is 0. The van der Waals surface area contributed by atoms with Gasteiger partial charge < -0.3 is 15.3 Å². The molecule has 2 N–H and O–H groups in total. The summed E-state index contributed by atoms with van der Waals surface area (Å²) in [5, 5.41) is 11.1. The highest BCUT2D eigenvalue weighted by molar-refractivity contribution is 5.77. The fraction of sp³-hybridized carbons (Fsp3) is 0.667. The summed E-state index contributed by atoms with van der Waals surface area (Å²) in [6.45, 7) is 1.12. The van der Waals surface area contributed by atoms with Crippen LogP contribution < -0.4 is 5.32 Å². The van der Waals surface area contributed by atoms with Crippen molar-refractivity contribution in [1.29, 1.82) is 0 Å². The topological polar surface area (TPSA) is 69.6 Å². The van der Waals surface area contributed by atoms with Crippen LogP contribution in [0, 0.1) is 0 Å². The Hall–Kier alpha value is -1.26. The maximum absolute atomic E-state index is 10.7. The molecule has 1 fully saturated rings. The van der Waals surface area contributed by atoms with Crippen LogP contribution in [0.4, 0.5) is 4.79 Å². The van der Waals surface area contributed by atoms with Crippen LogP contribution in [0.2, 0.25) is 0 Å². The summed E-state index contributed by atoms with van der Waals surface area (Å²) in [7, 11) is 0. The van der Waals surface area contributed by atoms with Crippen molar-refractivity contribution < 1.29 is 14.7 Å². The Labute approximate surface area is 64.0 Å². The SMILES string of the molecule is O=C1CCN(C(=O)O)CCN1. The molecule has 1 aliphatic rings. The van der Waals surface area contributed by atoms with E-state index in [1.54, 1.807) is 0 Å². The van der Waals surface area contributed by atoms with Crippen LogP contribution >= 0.6 is 0 Å². The first-order chi connectivity index (χ1) is 5.20. The number of carbonyl (C=O) groups is 2. The zero-order valence-corrected chi connectivity index (χ0v) is 6.04. The molecule has 0 saturated carbocycles. The third-order valence-corrected chi connectivity index (χ3v) is 1.58. The number of rotatable bonds is 0. The average Bonchev–Trinajstić information content (AvgIpc) is 2.13. The number of hydrogen-bond donors (Lipinski definition) is 2. The third kappa shape index (κ3) is 2.10. The Morgan fingerprint density at radius 1 is 1.55 bits per heavy atom. The highest BCUT2D eigenvalue weighted by atomic mass is 16.4. The number of carbonyl (C=O) groups excluding carboxylic acids is 1. The Morgan fingerprint density at radius 2 is 2.27 bits per heavy atom. The normalized spacial score (nSPS) is 18.9. The first-order valence-electron chi connectivity index (χ1n) is 3.45. The standard InChI is InChI=1S/C6H10N2O3/c9-5-1-3-8(6(10)11)4-2-7-5/h1-4H2,(H,7,9)(H,10,11). The molecule has 1 aliphatic heterocycles. The second-order valence-corrected chi connectivity index (χ2v) is 2.37. The van der Waals surface area contributed by atoms with Crippen molar-refractivity contribution in [3.8, 4) is 0 Å². The predicted molar refractivity (Wildman–Crippen MR) is 37.2 cm³/mol. The summed E-state index contributed by atoms with van der Waals surface area (Å²) in [6.07, 6.45) is -0.687. The molecule has 5 nitrogen and oxygen atoms in total. The molecule has 1 heterocycles. The molecule has 5 heteroatoms. The average molecular weight is 158 g/mol. The minimum Gasteiger partial charge on any atom is -0.465 e. The highest BCUT2D eigenvalue weighted by Crippen LogP contribution is 1.95. The van der Waals surface area contributed by atoms with Crippen molar-refractivity contribution in [2.45, 2.75) is 6.42 Å². The summed E-state index contributed by atoms with van der Waals surface area (Å²) < 4.78 is 0. The Morgan fingerprint density at radius 3 is 2.91 bits per heavy atom.